The molecule has 3 aromatic rings. The quantitative estimate of drug-likeness (QED) is 0.616. The highest BCUT2D eigenvalue weighted by molar-refractivity contribution is 7.08. The van der Waals surface area contributed by atoms with Gasteiger partial charge >= 0.3 is 0 Å². The zero-order valence-corrected chi connectivity index (χ0v) is 11.9. The summed E-state index contributed by atoms with van der Waals surface area (Å²) in [6, 6.07) is 30.8. The maximum atomic E-state index is 2.30. The lowest BCUT2D eigenvalue weighted by molar-refractivity contribution is 1.73. The predicted molar refractivity (Wildman–Crippen MR) is 94.2 cm³/mol. The molecule has 0 bridgehead atoms. The number of hydrogen-bond donors (Lipinski definition) is 0. The van der Waals surface area contributed by atoms with Gasteiger partial charge in [-0.25, -0.2) is 0 Å². The smallest absolute Gasteiger partial charge is 0.0798 e. The van der Waals surface area contributed by atoms with E-state index in [1.54, 1.807) is 0 Å². The molecule has 1 heterocycles. The molecule has 0 amide bonds. The molecule has 0 nitrogen and oxygen atoms in total. The zero-order chi connectivity index (χ0) is 14.1. The highest BCUT2D eigenvalue weighted by atomic mass is 14.0. The first-order valence-corrected chi connectivity index (χ1v) is 7.62. The van der Waals surface area contributed by atoms with Gasteiger partial charge in [-0.15, -0.1) is 0 Å². The first-order chi connectivity index (χ1) is 10.4. The van der Waals surface area contributed by atoms with Crippen molar-refractivity contribution in [3.8, 4) is 0 Å². The van der Waals surface area contributed by atoms with E-state index >= 15 is 0 Å². The van der Waals surface area contributed by atoms with E-state index in [0.717, 1.165) is 0 Å². The van der Waals surface area contributed by atoms with Crippen LogP contribution in [0, 0.1) is 0 Å². The van der Waals surface area contributed by atoms with Gasteiger partial charge in [-0.05, 0) is 0 Å². The molecule has 98 valence electrons. The molecule has 0 N–H and O–H groups in total. The van der Waals surface area contributed by atoms with Gasteiger partial charge in [0, 0.05) is 0 Å². The Morgan fingerprint density at radius 3 is 1.29 bits per heavy atom. The average Bonchev–Trinajstić information content (AvgIpc) is 2.96. The summed E-state index contributed by atoms with van der Waals surface area (Å²) < 4.78 is 0. The fourth-order valence-electron chi connectivity index (χ4n) is 3.64. The first kappa shape index (κ1) is 12.5. The molecule has 0 saturated carbocycles. The Morgan fingerprint density at radius 2 is 0.857 bits per heavy atom. The van der Waals surface area contributed by atoms with Gasteiger partial charge in [-0.2, -0.15) is 0 Å². The van der Waals surface area contributed by atoms with Gasteiger partial charge in [-0.1, -0.05) is 113 Å². The molecule has 0 unspecified atom stereocenters. The van der Waals surface area contributed by atoms with E-state index in [4.69, 9.17) is 0 Å². The van der Waals surface area contributed by atoms with E-state index < -0.39 is 0 Å². The Kier molecular flexibility index (Phi) is 3.15. The SMILES string of the molecule is c1ccc(B2CB(c3ccccc3)c3ccccc32)cc1. The maximum Gasteiger partial charge on any atom is 0.202 e. The number of benzene rings is 3. The lowest BCUT2D eigenvalue weighted by Crippen LogP contribution is -2.44. The van der Waals surface area contributed by atoms with E-state index in [1.165, 1.54) is 28.1 Å². The normalized spacial score (nSPS) is 13.3. The van der Waals surface area contributed by atoms with Crippen LogP contribution < -0.4 is 21.9 Å². The molecule has 0 saturated heterocycles. The van der Waals surface area contributed by atoms with E-state index in [9.17, 15) is 0 Å². The Bertz CT molecular complexity index is 673. The minimum atomic E-state index is 0.521. The van der Waals surface area contributed by atoms with Crippen molar-refractivity contribution >= 4 is 35.3 Å². The zero-order valence-electron chi connectivity index (χ0n) is 11.9. The molecule has 3 aromatic carbocycles. The topological polar surface area (TPSA) is 0 Å². The molecule has 0 aliphatic carbocycles. The van der Waals surface area contributed by atoms with Gasteiger partial charge in [0.15, 0.2) is 0 Å². The lowest BCUT2D eigenvalue weighted by atomic mass is 9.30. The van der Waals surface area contributed by atoms with Crippen molar-refractivity contribution in [2.75, 3.05) is 0 Å². The number of hydrogen-bond acceptors (Lipinski definition) is 0. The molecule has 0 spiro atoms. The molecule has 21 heavy (non-hydrogen) atoms. The third kappa shape index (κ3) is 2.21. The van der Waals surface area contributed by atoms with Crippen molar-refractivity contribution < 1.29 is 0 Å². The predicted octanol–water partition coefficient (Wildman–Crippen LogP) is 1.46. The second kappa shape index (κ2) is 5.29. The summed E-state index contributed by atoms with van der Waals surface area (Å²) >= 11 is 0. The first-order valence-electron chi connectivity index (χ1n) is 7.62. The minimum Gasteiger partial charge on any atom is -0.0798 e. The molecule has 4 rings (SSSR count). The van der Waals surface area contributed by atoms with Crippen molar-refractivity contribution in [1.29, 1.82) is 0 Å². The van der Waals surface area contributed by atoms with Gasteiger partial charge in [0.05, 0.1) is 0 Å². The Balaban J connectivity index is 1.81. The summed E-state index contributed by atoms with van der Waals surface area (Å²) in [4.78, 5) is 0. The molecule has 2 heteroatoms. The monoisotopic (exact) mass is 266 g/mol. The van der Waals surface area contributed by atoms with Crippen LogP contribution in [0.15, 0.2) is 84.9 Å². The van der Waals surface area contributed by atoms with E-state index in [0.29, 0.717) is 13.4 Å². The van der Waals surface area contributed by atoms with Gasteiger partial charge in [-0.3, -0.25) is 0 Å². The average molecular weight is 266 g/mol. The van der Waals surface area contributed by atoms with Crippen molar-refractivity contribution in [2.24, 2.45) is 0 Å². The molecule has 1 aliphatic rings. The van der Waals surface area contributed by atoms with Crippen molar-refractivity contribution in [3.05, 3.63) is 84.9 Å². The number of fused-ring (bicyclic) bond motifs is 1. The van der Waals surface area contributed by atoms with Crippen LogP contribution in [0.3, 0.4) is 0 Å². The van der Waals surface area contributed by atoms with Crippen LogP contribution in [0.2, 0.25) is 6.22 Å². The van der Waals surface area contributed by atoms with E-state index in [-0.39, 0.29) is 0 Å². The van der Waals surface area contributed by atoms with Crippen LogP contribution in [0.4, 0.5) is 0 Å². The highest BCUT2D eigenvalue weighted by Gasteiger charge is 2.37. The third-order valence-corrected chi connectivity index (χ3v) is 4.62. The second-order valence-electron chi connectivity index (χ2n) is 5.79. The molecule has 0 radical (unpaired) electrons. The fraction of sp³-hybridized carbons (Fsp3) is 0.0526. The van der Waals surface area contributed by atoms with Crippen LogP contribution in [-0.4, -0.2) is 13.4 Å². The summed E-state index contributed by atoms with van der Waals surface area (Å²) in [5.41, 5.74) is 5.86. The summed E-state index contributed by atoms with van der Waals surface area (Å²) in [6.45, 7) is 1.04. The summed E-state index contributed by atoms with van der Waals surface area (Å²) in [6.07, 6.45) is 1.17. The summed E-state index contributed by atoms with van der Waals surface area (Å²) in [7, 11) is 0. The third-order valence-electron chi connectivity index (χ3n) is 4.62. The van der Waals surface area contributed by atoms with Gasteiger partial charge in [0.2, 0.25) is 13.4 Å². The van der Waals surface area contributed by atoms with Crippen LogP contribution >= 0.6 is 0 Å². The van der Waals surface area contributed by atoms with E-state index in [1.807, 2.05) is 0 Å². The van der Waals surface area contributed by atoms with Crippen LogP contribution in [0.25, 0.3) is 0 Å². The standard InChI is InChI=1S/C19H16B2/c1-3-9-16(10-4-1)20-15-21(17-11-5-2-6-12-17)19-14-8-7-13-18(19)20/h1-14H,15H2. The van der Waals surface area contributed by atoms with Gasteiger partial charge in [0.25, 0.3) is 0 Å². The second-order valence-corrected chi connectivity index (χ2v) is 5.79. The fourth-order valence-corrected chi connectivity index (χ4v) is 3.64. The van der Waals surface area contributed by atoms with Gasteiger partial charge in [0.1, 0.15) is 0 Å². The minimum absolute atomic E-state index is 0.521. The molecular formula is C19H16B2. The molecule has 0 fully saturated rings. The van der Waals surface area contributed by atoms with Crippen LogP contribution in [0.1, 0.15) is 0 Å². The van der Waals surface area contributed by atoms with Crippen molar-refractivity contribution in [2.45, 2.75) is 6.22 Å². The summed E-state index contributed by atoms with van der Waals surface area (Å²) in [5, 5.41) is 0. The molecule has 0 aromatic heterocycles. The summed E-state index contributed by atoms with van der Waals surface area (Å²) in [5.74, 6) is 0. The Morgan fingerprint density at radius 1 is 0.476 bits per heavy atom. The molecular weight excluding hydrogens is 250 g/mol. The largest absolute Gasteiger partial charge is 0.202 e. The number of rotatable bonds is 2. The lowest BCUT2D eigenvalue weighted by Gasteiger charge is -2.08. The van der Waals surface area contributed by atoms with Crippen LogP contribution in [0.5, 0.6) is 0 Å². The Hall–Kier alpha value is -2.21. The van der Waals surface area contributed by atoms with Gasteiger partial charge < -0.3 is 0 Å². The van der Waals surface area contributed by atoms with Crippen molar-refractivity contribution in [1.82, 2.24) is 0 Å². The van der Waals surface area contributed by atoms with Crippen LogP contribution in [-0.2, 0) is 0 Å². The van der Waals surface area contributed by atoms with E-state index in [2.05, 4.69) is 84.9 Å². The van der Waals surface area contributed by atoms with Crippen molar-refractivity contribution in [3.63, 3.8) is 0 Å². The Labute approximate surface area is 127 Å². The molecule has 0 atom stereocenters. The highest BCUT2D eigenvalue weighted by Crippen LogP contribution is 2.09. The maximum absolute atomic E-state index is 2.30. The molecule has 1 aliphatic heterocycles.